The second-order valence-corrected chi connectivity index (χ2v) is 8.53. The molecule has 9 heteroatoms. The Morgan fingerprint density at radius 1 is 1.03 bits per heavy atom. The van der Waals surface area contributed by atoms with E-state index in [0.29, 0.717) is 17.0 Å². The molecule has 3 aromatic carbocycles. The van der Waals surface area contributed by atoms with Crippen LogP contribution in [-0.4, -0.2) is 36.0 Å². The fourth-order valence-corrected chi connectivity index (χ4v) is 4.75. The van der Waals surface area contributed by atoms with Crippen molar-refractivity contribution in [2.75, 3.05) is 19.1 Å². The third-order valence-electron chi connectivity index (χ3n) is 6.19. The number of aliphatic hydroxyl groups is 1. The van der Waals surface area contributed by atoms with Crippen molar-refractivity contribution in [3.8, 4) is 11.5 Å². The number of ether oxygens (including phenoxy) is 2. The summed E-state index contributed by atoms with van der Waals surface area (Å²) in [6.07, 6.45) is 1.68. The van der Waals surface area contributed by atoms with Crippen LogP contribution < -0.4 is 14.4 Å². The molecule has 1 amide bonds. The molecular formula is C27H20ClFN2O5. The van der Waals surface area contributed by atoms with Crippen LogP contribution in [0.3, 0.4) is 0 Å². The quantitative estimate of drug-likeness (QED) is 0.209. The van der Waals surface area contributed by atoms with Gasteiger partial charge in [0.15, 0.2) is 0 Å². The number of hydrogen-bond acceptors (Lipinski definition) is 5. The molecule has 0 aliphatic carbocycles. The Hall–Kier alpha value is -4.30. The number of amides is 1. The second-order valence-electron chi connectivity index (χ2n) is 8.12. The molecule has 1 aromatic heterocycles. The molecule has 0 radical (unpaired) electrons. The molecule has 182 valence electrons. The van der Waals surface area contributed by atoms with E-state index < -0.39 is 29.3 Å². The van der Waals surface area contributed by atoms with Gasteiger partial charge in [-0.05, 0) is 36.4 Å². The van der Waals surface area contributed by atoms with Gasteiger partial charge in [0.05, 0.1) is 36.4 Å². The Morgan fingerprint density at radius 3 is 2.42 bits per heavy atom. The number of halogens is 2. The Balaban J connectivity index is 1.80. The molecule has 7 nitrogen and oxygen atoms in total. The van der Waals surface area contributed by atoms with E-state index in [0.717, 1.165) is 10.9 Å². The zero-order chi connectivity index (χ0) is 25.6. The lowest BCUT2D eigenvalue weighted by molar-refractivity contribution is -0.132. The van der Waals surface area contributed by atoms with Crippen molar-refractivity contribution in [2.24, 2.45) is 0 Å². The van der Waals surface area contributed by atoms with E-state index in [9.17, 15) is 19.1 Å². The first kappa shape index (κ1) is 23.4. The van der Waals surface area contributed by atoms with Gasteiger partial charge in [0.1, 0.15) is 23.1 Å². The maximum absolute atomic E-state index is 13.7. The maximum atomic E-state index is 13.7. The van der Waals surface area contributed by atoms with E-state index in [1.165, 1.54) is 55.5 Å². The van der Waals surface area contributed by atoms with Crippen molar-refractivity contribution in [3.05, 3.63) is 94.4 Å². The lowest BCUT2D eigenvalue weighted by atomic mass is 9.94. The van der Waals surface area contributed by atoms with Crippen molar-refractivity contribution in [2.45, 2.75) is 6.04 Å². The van der Waals surface area contributed by atoms with Crippen molar-refractivity contribution in [1.29, 1.82) is 0 Å². The zero-order valence-corrected chi connectivity index (χ0v) is 20.0. The van der Waals surface area contributed by atoms with Crippen LogP contribution >= 0.6 is 11.6 Å². The molecule has 1 aliphatic heterocycles. The third kappa shape index (κ3) is 3.67. The van der Waals surface area contributed by atoms with Crippen LogP contribution in [0, 0.1) is 5.82 Å². The third-order valence-corrected chi connectivity index (χ3v) is 6.49. The summed E-state index contributed by atoms with van der Waals surface area (Å²) >= 11 is 6.31. The van der Waals surface area contributed by atoms with Crippen molar-refractivity contribution in [1.82, 2.24) is 4.98 Å². The summed E-state index contributed by atoms with van der Waals surface area (Å²) in [7, 11) is 2.83. The first-order valence-corrected chi connectivity index (χ1v) is 11.3. The summed E-state index contributed by atoms with van der Waals surface area (Å²) < 4.78 is 24.3. The van der Waals surface area contributed by atoms with Gasteiger partial charge in [-0.1, -0.05) is 29.8 Å². The average molecular weight is 507 g/mol. The van der Waals surface area contributed by atoms with Crippen LogP contribution in [0.2, 0.25) is 5.02 Å². The number of benzene rings is 3. The molecule has 1 aliphatic rings. The van der Waals surface area contributed by atoms with Gasteiger partial charge in [0, 0.05) is 34.4 Å². The number of Topliss-reactive ketones (excluding diaryl/α,β-unsaturated/α-hetero) is 1. The minimum absolute atomic E-state index is 0.116. The number of hydrogen-bond donors (Lipinski definition) is 2. The molecule has 5 rings (SSSR count). The standard InChI is InChI=1S/C27H20ClFN2O5/c1-35-21-12-22(36-2)19(28)11-17(21)25(32)23-24(18-13-30-20-6-4-3-5-16(18)20)31(27(34)26(23)33)15-9-7-14(29)8-10-15/h3-13,24,30,32H,1-2H3/b25-23+. The summed E-state index contributed by atoms with van der Waals surface area (Å²) in [6.45, 7) is 0. The summed E-state index contributed by atoms with van der Waals surface area (Å²) in [5.41, 5.74) is 1.61. The molecule has 0 saturated carbocycles. The molecular weight excluding hydrogens is 487 g/mol. The number of ketones is 1. The maximum Gasteiger partial charge on any atom is 0.300 e. The number of rotatable bonds is 5. The molecule has 0 spiro atoms. The van der Waals surface area contributed by atoms with Crippen LogP contribution in [0.15, 0.2) is 72.4 Å². The number of nitrogens with one attached hydrogen (secondary N) is 1. The summed E-state index contributed by atoms with van der Waals surface area (Å²) in [5.74, 6) is -2.21. The Kier molecular flexibility index (Phi) is 5.89. The smallest absolute Gasteiger partial charge is 0.300 e. The number of fused-ring (bicyclic) bond motifs is 1. The monoisotopic (exact) mass is 506 g/mol. The number of aromatic amines is 1. The first-order valence-electron chi connectivity index (χ1n) is 10.9. The number of nitrogens with zero attached hydrogens (tertiary/aromatic N) is 1. The lowest BCUT2D eigenvalue weighted by Gasteiger charge is -2.25. The number of carbonyl (C=O) groups is 2. The highest BCUT2D eigenvalue weighted by Crippen LogP contribution is 2.46. The molecule has 1 saturated heterocycles. The fourth-order valence-electron chi connectivity index (χ4n) is 4.51. The van der Waals surface area contributed by atoms with Gasteiger partial charge in [0.2, 0.25) is 0 Å². The topological polar surface area (TPSA) is 91.9 Å². The second kappa shape index (κ2) is 9.05. The lowest BCUT2D eigenvalue weighted by Crippen LogP contribution is -2.29. The average Bonchev–Trinajstić information content (AvgIpc) is 3.42. The van der Waals surface area contributed by atoms with Crippen molar-refractivity contribution in [3.63, 3.8) is 0 Å². The van der Waals surface area contributed by atoms with E-state index in [2.05, 4.69) is 4.98 Å². The minimum Gasteiger partial charge on any atom is -0.507 e. The number of aromatic nitrogens is 1. The van der Waals surface area contributed by atoms with Gasteiger partial charge in [-0.25, -0.2) is 4.39 Å². The molecule has 2 heterocycles. The van der Waals surface area contributed by atoms with E-state index in [-0.39, 0.29) is 21.9 Å². The SMILES string of the molecule is COc1cc(OC)c(/C(O)=C2\C(=O)C(=O)N(c3ccc(F)cc3)C2c2c[nH]c3ccccc23)cc1Cl. The molecule has 2 N–H and O–H groups in total. The Morgan fingerprint density at radius 2 is 1.72 bits per heavy atom. The number of aliphatic hydroxyl groups excluding tert-OH is 1. The minimum atomic E-state index is -1.02. The Bertz CT molecular complexity index is 1540. The first-order chi connectivity index (χ1) is 17.3. The number of para-hydroxylation sites is 1. The predicted molar refractivity (Wildman–Crippen MR) is 134 cm³/mol. The van der Waals surface area contributed by atoms with Crippen LogP contribution in [0.25, 0.3) is 16.7 Å². The highest BCUT2D eigenvalue weighted by atomic mass is 35.5. The van der Waals surface area contributed by atoms with Crippen LogP contribution in [0.1, 0.15) is 17.2 Å². The molecule has 36 heavy (non-hydrogen) atoms. The van der Waals surface area contributed by atoms with Gasteiger partial charge in [-0.3, -0.25) is 14.5 Å². The van der Waals surface area contributed by atoms with E-state index in [1.807, 2.05) is 24.3 Å². The predicted octanol–water partition coefficient (Wildman–Crippen LogP) is 5.60. The number of methoxy groups -OCH3 is 2. The molecule has 0 bridgehead atoms. The van der Waals surface area contributed by atoms with Gasteiger partial charge < -0.3 is 19.6 Å². The van der Waals surface area contributed by atoms with Gasteiger partial charge in [-0.2, -0.15) is 0 Å². The van der Waals surface area contributed by atoms with Crippen LogP contribution in [-0.2, 0) is 9.59 Å². The van der Waals surface area contributed by atoms with Crippen LogP contribution in [0.4, 0.5) is 10.1 Å². The fraction of sp³-hybridized carbons (Fsp3) is 0.111. The van der Waals surface area contributed by atoms with E-state index in [4.69, 9.17) is 21.1 Å². The summed E-state index contributed by atoms with van der Waals surface area (Å²) in [4.78, 5) is 31.2. The van der Waals surface area contributed by atoms with Crippen LogP contribution in [0.5, 0.6) is 11.5 Å². The zero-order valence-electron chi connectivity index (χ0n) is 19.2. The summed E-state index contributed by atoms with van der Waals surface area (Å²) in [6, 6.07) is 14.5. The summed E-state index contributed by atoms with van der Waals surface area (Å²) in [5, 5.41) is 12.4. The van der Waals surface area contributed by atoms with Gasteiger partial charge >= 0.3 is 0 Å². The highest BCUT2D eigenvalue weighted by molar-refractivity contribution is 6.52. The number of carbonyl (C=O) groups excluding carboxylic acids is 2. The molecule has 1 fully saturated rings. The van der Waals surface area contributed by atoms with Gasteiger partial charge in [-0.15, -0.1) is 0 Å². The van der Waals surface area contributed by atoms with E-state index in [1.54, 1.807) is 6.20 Å². The molecule has 1 atom stereocenters. The Labute approximate surface area is 210 Å². The van der Waals surface area contributed by atoms with Crippen molar-refractivity contribution >= 4 is 45.6 Å². The van der Waals surface area contributed by atoms with Gasteiger partial charge in [0.25, 0.3) is 11.7 Å². The largest absolute Gasteiger partial charge is 0.507 e. The normalized spacial score (nSPS) is 17.1. The van der Waals surface area contributed by atoms with Crippen molar-refractivity contribution < 1.29 is 28.6 Å². The molecule has 1 unspecified atom stereocenters. The van der Waals surface area contributed by atoms with E-state index >= 15 is 0 Å². The number of anilines is 1. The highest BCUT2D eigenvalue weighted by Gasteiger charge is 2.48. The number of H-pyrrole nitrogens is 1. The molecule has 4 aromatic rings.